The summed E-state index contributed by atoms with van der Waals surface area (Å²) in [5, 5.41) is 13.6. The van der Waals surface area contributed by atoms with E-state index in [1.54, 1.807) is 0 Å². The highest BCUT2D eigenvalue weighted by Crippen LogP contribution is 2.28. The summed E-state index contributed by atoms with van der Waals surface area (Å²) < 4.78 is 27.5. The van der Waals surface area contributed by atoms with Crippen LogP contribution in [0.1, 0.15) is 19.8 Å². The van der Waals surface area contributed by atoms with Crippen LogP contribution < -0.4 is 11.5 Å². The number of nitrogens with zero attached hydrogens (tertiary/aromatic N) is 3. The first-order chi connectivity index (χ1) is 9.77. The van der Waals surface area contributed by atoms with E-state index in [2.05, 4.69) is 5.10 Å². The average Bonchev–Trinajstić information content (AvgIpc) is 2.94. The van der Waals surface area contributed by atoms with Gasteiger partial charge in [0.25, 0.3) is 0 Å². The third-order valence-corrected chi connectivity index (χ3v) is 5.25. The monoisotopic (exact) mass is 317 g/mol. The summed E-state index contributed by atoms with van der Waals surface area (Å²) in [5.74, 6) is -0.928. The van der Waals surface area contributed by atoms with Gasteiger partial charge in [0.15, 0.2) is 5.82 Å². The predicted molar refractivity (Wildman–Crippen MR) is 74.4 cm³/mol. The van der Waals surface area contributed by atoms with E-state index in [-0.39, 0.29) is 23.7 Å². The number of carbonyl (C=O) groups is 1. The van der Waals surface area contributed by atoms with E-state index >= 15 is 0 Å². The molecule has 1 aliphatic rings. The molecule has 2 atom stereocenters. The lowest BCUT2D eigenvalue weighted by Crippen LogP contribution is -2.43. The second kappa shape index (κ2) is 5.62. The Morgan fingerprint density at radius 3 is 2.81 bits per heavy atom. The van der Waals surface area contributed by atoms with Gasteiger partial charge in [0.1, 0.15) is 10.9 Å². The molecule has 0 aromatic carbocycles. The molecule has 21 heavy (non-hydrogen) atoms. The zero-order chi connectivity index (χ0) is 15.8. The van der Waals surface area contributed by atoms with Gasteiger partial charge in [-0.25, -0.2) is 8.42 Å². The van der Waals surface area contributed by atoms with Crippen molar-refractivity contribution in [1.29, 1.82) is 0 Å². The third kappa shape index (κ3) is 2.87. The predicted octanol–water partition coefficient (Wildman–Crippen LogP) is -1.52. The number of aromatic nitrogens is 2. The van der Waals surface area contributed by atoms with E-state index in [0.29, 0.717) is 6.54 Å². The highest BCUT2D eigenvalue weighted by molar-refractivity contribution is 7.89. The van der Waals surface area contributed by atoms with Gasteiger partial charge in [0, 0.05) is 25.7 Å². The number of hydrogen-bond acceptors (Lipinski definition) is 6. The number of hydrogen-bond donors (Lipinski definition) is 3. The van der Waals surface area contributed by atoms with E-state index < -0.39 is 28.1 Å². The molecule has 1 fully saturated rings. The number of sulfonamides is 1. The zero-order valence-electron chi connectivity index (χ0n) is 11.6. The lowest BCUT2D eigenvalue weighted by atomic mass is 10.2. The van der Waals surface area contributed by atoms with Crippen LogP contribution in [-0.4, -0.2) is 52.2 Å². The fraction of sp³-hybridized carbons (Fsp3) is 0.636. The van der Waals surface area contributed by atoms with Gasteiger partial charge in [0.2, 0.25) is 15.9 Å². The van der Waals surface area contributed by atoms with Crippen LogP contribution in [0, 0.1) is 0 Å². The molecular weight excluding hydrogens is 298 g/mol. The number of nitrogen functional groups attached to an aromatic ring is 1. The number of aliphatic hydroxyl groups excluding tert-OH is 1. The Kier molecular flexibility index (Phi) is 4.21. The molecular formula is C11H19N5O4S. The number of carbonyl (C=O) groups excluding carboxylic acids is 1. The van der Waals surface area contributed by atoms with Crippen LogP contribution in [0.15, 0.2) is 11.1 Å². The van der Waals surface area contributed by atoms with Crippen LogP contribution in [0.3, 0.4) is 0 Å². The Balaban J connectivity index is 2.39. The maximum Gasteiger partial charge on any atom is 0.249 e. The average molecular weight is 317 g/mol. The number of amides is 1. The maximum absolute atomic E-state index is 12.6. The number of β-amino-alcohol motifs (C(OH)–C–C–N with tert-alkyl or cyclic N) is 1. The SMILES string of the molecule is CCCn1cc(S(=O)(=O)N2CC(O)CC2C(N)=O)c(N)n1. The molecule has 2 rings (SSSR count). The molecule has 1 aromatic rings. The number of primary amides is 1. The number of aryl methyl sites for hydroxylation is 1. The summed E-state index contributed by atoms with van der Waals surface area (Å²) in [6, 6.07) is -1.07. The first kappa shape index (κ1) is 15.7. The Morgan fingerprint density at radius 1 is 1.57 bits per heavy atom. The third-order valence-electron chi connectivity index (χ3n) is 3.36. The first-order valence-corrected chi connectivity index (χ1v) is 8.03. The largest absolute Gasteiger partial charge is 0.392 e. The molecule has 118 valence electrons. The van der Waals surface area contributed by atoms with Crippen molar-refractivity contribution in [2.24, 2.45) is 5.73 Å². The van der Waals surface area contributed by atoms with Crippen molar-refractivity contribution in [3.05, 3.63) is 6.20 Å². The molecule has 2 heterocycles. The smallest absolute Gasteiger partial charge is 0.249 e. The number of anilines is 1. The molecule has 0 radical (unpaired) electrons. The minimum absolute atomic E-state index is 0.0163. The minimum Gasteiger partial charge on any atom is -0.392 e. The molecule has 1 aliphatic heterocycles. The molecule has 10 heteroatoms. The fourth-order valence-electron chi connectivity index (χ4n) is 2.40. The van der Waals surface area contributed by atoms with Crippen molar-refractivity contribution in [2.75, 3.05) is 12.3 Å². The summed E-state index contributed by atoms with van der Waals surface area (Å²) in [6.07, 6.45) is 1.16. The minimum atomic E-state index is -4.03. The van der Waals surface area contributed by atoms with Gasteiger partial charge in [-0.3, -0.25) is 9.48 Å². The van der Waals surface area contributed by atoms with Crippen molar-refractivity contribution in [2.45, 2.75) is 43.4 Å². The Labute approximate surface area is 122 Å². The Morgan fingerprint density at radius 2 is 2.24 bits per heavy atom. The van der Waals surface area contributed by atoms with Crippen molar-refractivity contribution < 1.29 is 18.3 Å². The summed E-state index contributed by atoms with van der Waals surface area (Å²) in [4.78, 5) is 11.2. The molecule has 5 N–H and O–H groups in total. The van der Waals surface area contributed by atoms with Crippen LogP contribution in [0.4, 0.5) is 5.82 Å². The van der Waals surface area contributed by atoms with Crippen molar-refractivity contribution >= 4 is 21.7 Å². The molecule has 0 saturated carbocycles. The Hall–Kier alpha value is -1.65. The van der Waals surface area contributed by atoms with Crippen molar-refractivity contribution in [3.8, 4) is 0 Å². The standard InChI is InChI=1S/C11H19N5O4S/c1-2-3-15-6-9(10(12)14-15)21(19,20)16-5-7(17)4-8(16)11(13)18/h6-8,17H,2-5H2,1H3,(H2,12,14)(H2,13,18). The number of rotatable bonds is 5. The van der Waals surface area contributed by atoms with E-state index in [0.717, 1.165) is 10.7 Å². The quantitative estimate of drug-likeness (QED) is 0.601. The normalized spacial score (nSPS) is 23.5. The lowest BCUT2D eigenvalue weighted by molar-refractivity contribution is -0.121. The highest BCUT2D eigenvalue weighted by atomic mass is 32.2. The van der Waals surface area contributed by atoms with Gasteiger partial charge >= 0.3 is 0 Å². The number of aliphatic hydroxyl groups is 1. The van der Waals surface area contributed by atoms with Gasteiger partial charge in [-0.1, -0.05) is 6.92 Å². The van der Waals surface area contributed by atoms with Crippen molar-refractivity contribution in [3.63, 3.8) is 0 Å². The molecule has 0 spiro atoms. The maximum atomic E-state index is 12.6. The second-order valence-corrected chi connectivity index (χ2v) is 6.88. The summed E-state index contributed by atoms with van der Waals surface area (Å²) in [6.45, 7) is 2.27. The summed E-state index contributed by atoms with van der Waals surface area (Å²) >= 11 is 0. The molecule has 1 amide bonds. The van der Waals surface area contributed by atoms with Crippen LogP contribution in [-0.2, 0) is 21.4 Å². The molecule has 2 unspecified atom stereocenters. The van der Waals surface area contributed by atoms with Crippen molar-refractivity contribution in [1.82, 2.24) is 14.1 Å². The first-order valence-electron chi connectivity index (χ1n) is 6.59. The Bertz CT molecular complexity index is 641. The molecule has 0 bridgehead atoms. The summed E-state index contributed by atoms with van der Waals surface area (Å²) in [5.41, 5.74) is 10.9. The zero-order valence-corrected chi connectivity index (χ0v) is 12.5. The van der Waals surface area contributed by atoms with E-state index in [4.69, 9.17) is 11.5 Å². The number of nitrogens with two attached hydrogens (primary N) is 2. The molecule has 1 saturated heterocycles. The van der Waals surface area contributed by atoms with Crippen LogP contribution in [0.2, 0.25) is 0 Å². The van der Waals surface area contributed by atoms with Gasteiger partial charge in [-0.05, 0) is 6.42 Å². The van der Waals surface area contributed by atoms with Crippen LogP contribution in [0.25, 0.3) is 0 Å². The molecule has 9 nitrogen and oxygen atoms in total. The second-order valence-electron chi connectivity index (χ2n) is 5.02. The summed E-state index contributed by atoms with van der Waals surface area (Å²) in [7, 11) is -4.03. The van der Waals surface area contributed by atoms with Crippen LogP contribution >= 0.6 is 0 Å². The van der Waals surface area contributed by atoms with Gasteiger partial charge in [-0.2, -0.15) is 9.40 Å². The molecule has 0 aliphatic carbocycles. The topological polar surface area (TPSA) is 145 Å². The van der Waals surface area contributed by atoms with E-state index in [1.807, 2.05) is 6.92 Å². The highest BCUT2D eigenvalue weighted by Gasteiger charge is 2.43. The van der Waals surface area contributed by atoms with Gasteiger partial charge in [-0.15, -0.1) is 0 Å². The van der Waals surface area contributed by atoms with Gasteiger partial charge in [0.05, 0.1) is 6.10 Å². The van der Waals surface area contributed by atoms with Gasteiger partial charge < -0.3 is 16.6 Å². The fourth-order valence-corrected chi connectivity index (χ4v) is 4.10. The molecule has 1 aromatic heterocycles. The van der Waals surface area contributed by atoms with Crippen LogP contribution in [0.5, 0.6) is 0 Å². The van der Waals surface area contributed by atoms with E-state index in [9.17, 15) is 18.3 Å². The van der Waals surface area contributed by atoms with E-state index in [1.165, 1.54) is 10.9 Å². The lowest BCUT2D eigenvalue weighted by Gasteiger charge is -2.20.